The zero-order chi connectivity index (χ0) is 20.5. The molecule has 3 aliphatic rings. The van der Waals surface area contributed by atoms with E-state index in [1.54, 1.807) is 0 Å². The standard InChI is InChI=1S/C17H24N2O2.C2HF3O2/c1-12-2-5-14(21-12)10-19-7-6-17(11-19)8-15(17)16(20)18-9-13-3-4-13;3-2(4,5)1(6)7/h2,5,13,15H,3-4,6-11H2,1H3,(H,18,20);(H,6,7). The highest BCUT2D eigenvalue weighted by molar-refractivity contribution is 5.82. The zero-order valence-corrected chi connectivity index (χ0v) is 15.7. The maximum Gasteiger partial charge on any atom is 0.490 e. The van der Waals surface area contributed by atoms with E-state index in [2.05, 4.69) is 16.3 Å². The van der Waals surface area contributed by atoms with E-state index in [0.717, 1.165) is 56.5 Å². The molecule has 1 spiro atoms. The number of amides is 1. The van der Waals surface area contributed by atoms with Crippen molar-refractivity contribution >= 4 is 11.9 Å². The van der Waals surface area contributed by atoms with Crippen molar-refractivity contribution in [1.82, 2.24) is 10.2 Å². The summed E-state index contributed by atoms with van der Waals surface area (Å²) >= 11 is 0. The average molecular weight is 402 g/mol. The number of carboxylic acid groups (broad SMARTS) is 1. The number of nitrogens with zero attached hydrogens (tertiary/aromatic N) is 1. The molecule has 156 valence electrons. The van der Waals surface area contributed by atoms with Gasteiger partial charge in [-0.15, -0.1) is 0 Å². The molecular weight excluding hydrogens is 377 g/mol. The number of hydrogen-bond acceptors (Lipinski definition) is 4. The molecule has 1 aliphatic heterocycles. The highest BCUT2D eigenvalue weighted by Gasteiger charge is 2.60. The molecule has 2 aliphatic carbocycles. The Morgan fingerprint density at radius 1 is 1.36 bits per heavy atom. The first kappa shape index (κ1) is 20.7. The monoisotopic (exact) mass is 402 g/mol. The van der Waals surface area contributed by atoms with E-state index in [0.29, 0.717) is 5.91 Å². The van der Waals surface area contributed by atoms with Crippen LogP contribution < -0.4 is 5.32 Å². The topological polar surface area (TPSA) is 82.8 Å². The Hall–Kier alpha value is -2.03. The SMILES string of the molecule is Cc1ccc(CN2CCC3(CC3C(=O)NCC3CC3)C2)o1.O=C(O)C(F)(F)F. The second-order valence-corrected chi connectivity index (χ2v) is 8.08. The Balaban J connectivity index is 0.000000279. The summed E-state index contributed by atoms with van der Waals surface area (Å²) in [7, 11) is 0. The summed E-state index contributed by atoms with van der Waals surface area (Å²) < 4.78 is 37.4. The summed E-state index contributed by atoms with van der Waals surface area (Å²) in [4.78, 5) is 23.6. The van der Waals surface area contributed by atoms with Crippen LogP contribution in [0, 0.1) is 24.2 Å². The van der Waals surface area contributed by atoms with Crippen molar-refractivity contribution in [3.8, 4) is 0 Å². The van der Waals surface area contributed by atoms with Crippen LogP contribution in [0.25, 0.3) is 0 Å². The Labute approximate surface area is 161 Å². The number of hydrogen-bond donors (Lipinski definition) is 2. The maximum absolute atomic E-state index is 12.2. The Bertz CT molecular complexity index is 729. The van der Waals surface area contributed by atoms with Crippen molar-refractivity contribution in [3.05, 3.63) is 23.7 Å². The van der Waals surface area contributed by atoms with E-state index >= 15 is 0 Å². The zero-order valence-electron chi connectivity index (χ0n) is 15.7. The second kappa shape index (κ2) is 7.77. The van der Waals surface area contributed by atoms with Gasteiger partial charge in [-0.25, -0.2) is 4.79 Å². The molecule has 2 atom stereocenters. The minimum Gasteiger partial charge on any atom is -0.475 e. The van der Waals surface area contributed by atoms with Gasteiger partial charge in [0.25, 0.3) is 0 Å². The minimum absolute atomic E-state index is 0.264. The number of aryl methyl sites for hydroxylation is 1. The summed E-state index contributed by atoms with van der Waals surface area (Å²) in [6.07, 6.45) is -0.246. The lowest BCUT2D eigenvalue weighted by Crippen LogP contribution is -2.30. The van der Waals surface area contributed by atoms with Crippen LogP contribution in [0.3, 0.4) is 0 Å². The van der Waals surface area contributed by atoms with Crippen molar-refractivity contribution in [2.45, 2.75) is 45.3 Å². The van der Waals surface area contributed by atoms with Crippen LogP contribution in [0.1, 0.15) is 37.2 Å². The molecule has 28 heavy (non-hydrogen) atoms. The molecule has 2 heterocycles. The predicted molar refractivity (Wildman–Crippen MR) is 93.3 cm³/mol. The Morgan fingerprint density at radius 2 is 2.04 bits per heavy atom. The van der Waals surface area contributed by atoms with E-state index in [1.165, 1.54) is 12.8 Å². The summed E-state index contributed by atoms with van der Waals surface area (Å²) in [5.41, 5.74) is 0.273. The van der Waals surface area contributed by atoms with Gasteiger partial charge in [0.05, 0.1) is 6.54 Å². The van der Waals surface area contributed by atoms with Crippen molar-refractivity contribution in [1.29, 1.82) is 0 Å². The van der Waals surface area contributed by atoms with Gasteiger partial charge in [0.1, 0.15) is 11.5 Å². The fourth-order valence-corrected chi connectivity index (χ4v) is 3.77. The number of furan rings is 1. The summed E-state index contributed by atoms with van der Waals surface area (Å²) in [5, 5.41) is 10.3. The molecule has 1 aromatic rings. The number of likely N-dealkylation sites (tertiary alicyclic amines) is 1. The maximum atomic E-state index is 12.2. The van der Waals surface area contributed by atoms with E-state index in [4.69, 9.17) is 14.3 Å². The van der Waals surface area contributed by atoms with Crippen molar-refractivity contribution in [2.24, 2.45) is 17.3 Å². The van der Waals surface area contributed by atoms with Crippen LogP contribution in [0.2, 0.25) is 0 Å². The number of nitrogens with one attached hydrogen (secondary N) is 1. The molecule has 0 bridgehead atoms. The van der Waals surface area contributed by atoms with Crippen LogP contribution in [0.5, 0.6) is 0 Å². The van der Waals surface area contributed by atoms with Gasteiger partial charge < -0.3 is 14.8 Å². The molecule has 9 heteroatoms. The van der Waals surface area contributed by atoms with E-state index in [1.807, 2.05) is 13.0 Å². The number of carboxylic acids is 1. The molecule has 3 fully saturated rings. The quantitative estimate of drug-likeness (QED) is 0.791. The van der Waals surface area contributed by atoms with Gasteiger partial charge >= 0.3 is 12.1 Å². The first-order valence-corrected chi connectivity index (χ1v) is 9.44. The molecule has 0 radical (unpaired) electrons. The highest BCUT2D eigenvalue weighted by Crippen LogP contribution is 2.58. The van der Waals surface area contributed by atoms with Gasteiger partial charge in [0, 0.05) is 19.0 Å². The minimum atomic E-state index is -5.08. The lowest BCUT2D eigenvalue weighted by molar-refractivity contribution is -0.192. The number of aliphatic carboxylic acids is 1. The fourth-order valence-electron chi connectivity index (χ4n) is 3.77. The normalized spacial score (nSPS) is 26.6. The van der Waals surface area contributed by atoms with E-state index < -0.39 is 12.1 Å². The number of alkyl halides is 3. The highest BCUT2D eigenvalue weighted by atomic mass is 19.4. The first-order chi connectivity index (χ1) is 13.1. The molecule has 2 unspecified atom stereocenters. The van der Waals surface area contributed by atoms with Crippen LogP contribution in [0.4, 0.5) is 13.2 Å². The van der Waals surface area contributed by atoms with Gasteiger partial charge in [-0.2, -0.15) is 13.2 Å². The molecule has 1 amide bonds. The van der Waals surface area contributed by atoms with Crippen molar-refractivity contribution in [3.63, 3.8) is 0 Å². The van der Waals surface area contributed by atoms with Crippen molar-refractivity contribution < 1.29 is 32.3 Å². The van der Waals surface area contributed by atoms with Gasteiger partial charge in [0.2, 0.25) is 5.91 Å². The summed E-state index contributed by atoms with van der Waals surface area (Å²) in [6, 6.07) is 4.08. The molecule has 1 aromatic heterocycles. The summed E-state index contributed by atoms with van der Waals surface area (Å²) in [5.74, 6) is 0.596. The summed E-state index contributed by atoms with van der Waals surface area (Å²) in [6.45, 7) is 5.91. The van der Waals surface area contributed by atoms with Crippen LogP contribution in [0.15, 0.2) is 16.5 Å². The molecular formula is C19H25F3N2O4. The van der Waals surface area contributed by atoms with Gasteiger partial charge in [0.15, 0.2) is 0 Å². The Kier molecular flexibility index (Phi) is 5.74. The van der Waals surface area contributed by atoms with Gasteiger partial charge in [-0.3, -0.25) is 9.69 Å². The van der Waals surface area contributed by atoms with Gasteiger partial charge in [-0.05, 0) is 62.6 Å². The molecule has 1 saturated heterocycles. The van der Waals surface area contributed by atoms with Gasteiger partial charge in [-0.1, -0.05) is 0 Å². The molecule has 4 rings (SSSR count). The van der Waals surface area contributed by atoms with Crippen LogP contribution in [-0.4, -0.2) is 47.7 Å². The number of carbonyl (C=O) groups is 2. The van der Waals surface area contributed by atoms with E-state index in [-0.39, 0.29) is 11.3 Å². The third-order valence-corrected chi connectivity index (χ3v) is 5.65. The number of halogens is 3. The molecule has 2 saturated carbocycles. The third kappa shape index (κ3) is 5.27. The smallest absolute Gasteiger partial charge is 0.475 e. The lowest BCUT2D eigenvalue weighted by Gasteiger charge is -2.14. The third-order valence-electron chi connectivity index (χ3n) is 5.65. The molecule has 6 nitrogen and oxygen atoms in total. The average Bonchev–Trinajstić information content (AvgIpc) is 3.47. The first-order valence-electron chi connectivity index (χ1n) is 9.44. The second-order valence-electron chi connectivity index (χ2n) is 8.08. The lowest BCUT2D eigenvalue weighted by atomic mass is 10.0. The fraction of sp³-hybridized carbons (Fsp3) is 0.684. The number of carbonyl (C=O) groups excluding carboxylic acids is 1. The predicted octanol–water partition coefficient (Wildman–Crippen LogP) is 2.96. The Morgan fingerprint density at radius 3 is 2.57 bits per heavy atom. The van der Waals surface area contributed by atoms with Crippen LogP contribution in [-0.2, 0) is 16.1 Å². The van der Waals surface area contributed by atoms with Crippen LogP contribution >= 0.6 is 0 Å². The number of rotatable bonds is 5. The molecule has 0 aromatic carbocycles. The van der Waals surface area contributed by atoms with Crippen molar-refractivity contribution in [2.75, 3.05) is 19.6 Å². The van der Waals surface area contributed by atoms with E-state index in [9.17, 15) is 18.0 Å². The largest absolute Gasteiger partial charge is 0.490 e. The molecule has 2 N–H and O–H groups in total.